The Kier molecular flexibility index (Phi) is 6.28. The number of hydrogen-bond donors (Lipinski definition) is 0. The Morgan fingerprint density at radius 2 is 1.84 bits per heavy atom. The van der Waals surface area contributed by atoms with Crippen LogP contribution < -0.4 is 4.90 Å². The van der Waals surface area contributed by atoms with E-state index in [4.69, 9.17) is 0 Å². The molecule has 31 heavy (non-hydrogen) atoms. The van der Waals surface area contributed by atoms with Gasteiger partial charge in [0.15, 0.2) is 11.6 Å². The Bertz CT molecular complexity index is 1040. The number of hydrogen-bond acceptors (Lipinski definition) is 6. The maximum Gasteiger partial charge on any atom is 0.181 e. The highest BCUT2D eigenvalue weighted by molar-refractivity contribution is 6.41. The topological polar surface area (TPSA) is 65.9 Å². The smallest absolute Gasteiger partial charge is 0.181 e. The maximum absolute atomic E-state index is 12.2. The molecule has 162 valence electrons. The van der Waals surface area contributed by atoms with E-state index >= 15 is 0 Å². The summed E-state index contributed by atoms with van der Waals surface area (Å²) in [5, 5.41) is 0. The van der Waals surface area contributed by atoms with Gasteiger partial charge in [-0.2, -0.15) is 0 Å². The summed E-state index contributed by atoms with van der Waals surface area (Å²) in [4.78, 5) is 37.9. The quantitative estimate of drug-likeness (QED) is 0.666. The third-order valence-corrected chi connectivity index (χ3v) is 6.19. The lowest BCUT2D eigenvalue weighted by Crippen LogP contribution is -2.46. The van der Waals surface area contributed by atoms with Gasteiger partial charge in [-0.25, -0.2) is 9.98 Å². The van der Waals surface area contributed by atoms with Crippen LogP contribution in [0.15, 0.2) is 35.3 Å². The van der Waals surface area contributed by atoms with E-state index in [1.807, 2.05) is 32.9 Å². The number of fused-ring (bicyclic) bond motifs is 1. The second-order valence-corrected chi connectivity index (χ2v) is 8.32. The summed E-state index contributed by atoms with van der Waals surface area (Å²) < 4.78 is 0. The number of aliphatic imine (C=N–C) groups is 1. The SMILES string of the molecule is CCC(=O)c1ccc(N2CCN(Cc3ccc4c(c3)CC(=O)C(CC)=N4)CC2)c(C)n1. The second-order valence-electron chi connectivity index (χ2n) is 8.32. The number of Topliss-reactive ketones (excluding diaryl/α,β-unsaturated/α-hetero) is 2. The molecule has 0 amide bonds. The third-order valence-electron chi connectivity index (χ3n) is 6.19. The summed E-state index contributed by atoms with van der Waals surface area (Å²) in [6.07, 6.45) is 1.64. The molecule has 4 rings (SSSR count). The Morgan fingerprint density at radius 1 is 1.06 bits per heavy atom. The van der Waals surface area contributed by atoms with E-state index in [2.05, 4.69) is 38.0 Å². The van der Waals surface area contributed by atoms with Crippen LogP contribution in [0.1, 0.15) is 54.0 Å². The summed E-state index contributed by atoms with van der Waals surface area (Å²) in [5.41, 5.74) is 6.50. The molecular formula is C25H30N4O2. The Morgan fingerprint density at radius 3 is 2.52 bits per heavy atom. The fourth-order valence-electron chi connectivity index (χ4n) is 4.38. The minimum absolute atomic E-state index is 0.0860. The highest BCUT2D eigenvalue weighted by Gasteiger charge is 2.22. The number of pyridine rings is 1. The fourth-order valence-corrected chi connectivity index (χ4v) is 4.38. The van der Waals surface area contributed by atoms with E-state index in [0.29, 0.717) is 30.7 Å². The third kappa shape index (κ3) is 4.59. The molecule has 0 aliphatic carbocycles. The van der Waals surface area contributed by atoms with Gasteiger partial charge in [-0.15, -0.1) is 0 Å². The van der Waals surface area contributed by atoms with Crippen LogP contribution in [-0.4, -0.2) is 53.3 Å². The summed E-state index contributed by atoms with van der Waals surface area (Å²) in [7, 11) is 0. The Labute approximate surface area is 184 Å². The molecule has 0 unspecified atom stereocenters. The van der Waals surface area contributed by atoms with Crippen LogP contribution in [0.25, 0.3) is 0 Å². The predicted molar refractivity (Wildman–Crippen MR) is 124 cm³/mol. The Balaban J connectivity index is 1.38. The van der Waals surface area contributed by atoms with Crippen LogP contribution in [0.5, 0.6) is 0 Å². The van der Waals surface area contributed by atoms with Gasteiger partial charge in [0.2, 0.25) is 0 Å². The van der Waals surface area contributed by atoms with Crippen LogP contribution in [0.4, 0.5) is 11.4 Å². The minimum Gasteiger partial charge on any atom is -0.368 e. The van der Waals surface area contributed by atoms with Crippen molar-refractivity contribution in [2.45, 2.75) is 46.6 Å². The first-order valence-corrected chi connectivity index (χ1v) is 11.2. The zero-order chi connectivity index (χ0) is 22.0. The molecule has 3 heterocycles. The molecule has 2 aromatic rings. The molecular weight excluding hydrogens is 388 g/mol. The van der Waals surface area contributed by atoms with Crippen molar-refractivity contribution in [2.24, 2.45) is 4.99 Å². The monoisotopic (exact) mass is 418 g/mol. The summed E-state index contributed by atoms with van der Waals surface area (Å²) >= 11 is 0. The molecule has 2 aliphatic heterocycles. The molecule has 1 fully saturated rings. The van der Waals surface area contributed by atoms with Gasteiger partial charge in [-0.1, -0.05) is 26.0 Å². The summed E-state index contributed by atoms with van der Waals surface area (Å²) in [5.74, 6) is 0.235. The van der Waals surface area contributed by atoms with Crippen LogP contribution in [0.3, 0.4) is 0 Å². The van der Waals surface area contributed by atoms with Crippen molar-refractivity contribution < 1.29 is 9.59 Å². The zero-order valence-corrected chi connectivity index (χ0v) is 18.6. The second kappa shape index (κ2) is 9.10. The van der Waals surface area contributed by atoms with Crippen LogP contribution in [-0.2, 0) is 17.8 Å². The van der Waals surface area contributed by atoms with Crippen molar-refractivity contribution in [2.75, 3.05) is 31.1 Å². The largest absolute Gasteiger partial charge is 0.368 e. The van der Waals surface area contributed by atoms with Crippen molar-refractivity contribution >= 4 is 28.7 Å². The highest BCUT2D eigenvalue weighted by atomic mass is 16.1. The standard InChI is InChI=1S/C25H30N4O2/c1-4-20-25(31)15-19-14-18(6-7-21(19)27-20)16-28-10-12-29(13-11-28)23-9-8-22(24(30)5-2)26-17(23)3/h6-9,14H,4-5,10-13,15-16H2,1-3H3. The van der Waals surface area contributed by atoms with Crippen molar-refractivity contribution in [3.63, 3.8) is 0 Å². The normalized spacial score (nSPS) is 16.8. The van der Waals surface area contributed by atoms with Crippen LogP contribution in [0, 0.1) is 6.92 Å². The number of ketones is 2. The summed E-state index contributed by atoms with van der Waals surface area (Å²) in [6.45, 7) is 10.5. The van der Waals surface area contributed by atoms with Gasteiger partial charge in [-0.3, -0.25) is 14.5 Å². The molecule has 0 atom stereocenters. The number of carbonyl (C=O) groups excluding carboxylic acids is 2. The average molecular weight is 419 g/mol. The van der Waals surface area contributed by atoms with E-state index < -0.39 is 0 Å². The number of carbonyl (C=O) groups is 2. The first kappa shape index (κ1) is 21.4. The van der Waals surface area contributed by atoms with Gasteiger partial charge in [0.1, 0.15) is 5.69 Å². The van der Waals surface area contributed by atoms with E-state index in [9.17, 15) is 9.59 Å². The molecule has 1 saturated heterocycles. The number of aryl methyl sites for hydroxylation is 1. The Hall–Kier alpha value is -2.86. The molecule has 0 spiro atoms. The first-order valence-electron chi connectivity index (χ1n) is 11.2. The van der Waals surface area contributed by atoms with Crippen LogP contribution >= 0.6 is 0 Å². The molecule has 6 heteroatoms. The minimum atomic E-state index is 0.0860. The number of nitrogens with zero attached hydrogens (tertiary/aromatic N) is 4. The van der Waals surface area contributed by atoms with Gasteiger partial charge in [0.05, 0.1) is 22.8 Å². The molecule has 1 aromatic heterocycles. The van der Waals surface area contributed by atoms with E-state index in [1.165, 1.54) is 5.56 Å². The average Bonchev–Trinajstić information content (AvgIpc) is 2.78. The van der Waals surface area contributed by atoms with Crippen molar-refractivity contribution in [3.05, 3.63) is 52.8 Å². The van der Waals surface area contributed by atoms with Crippen LogP contribution in [0.2, 0.25) is 0 Å². The number of rotatable bonds is 6. The van der Waals surface area contributed by atoms with E-state index in [-0.39, 0.29) is 11.6 Å². The van der Waals surface area contributed by atoms with Gasteiger partial charge < -0.3 is 4.90 Å². The first-order chi connectivity index (χ1) is 15.0. The van der Waals surface area contributed by atoms with Gasteiger partial charge >= 0.3 is 0 Å². The summed E-state index contributed by atoms with van der Waals surface area (Å²) in [6, 6.07) is 10.2. The number of anilines is 1. The maximum atomic E-state index is 12.2. The molecule has 0 saturated carbocycles. The molecule has 1 aromatic carbocycles. The predicted octanol–water partition coefficient (Wildman–Crippen LogP) is 3.91. The van der Waals surface area contributed by atoms with Crippen molar-refractivity contribution in [3.8, 4) is 0 Å². The molecule has 2 aliphatic rings. The van der Waals surface area contributed by atoms with Crippen molar-refractivity contribution in [1.29, 1.82) is 0 Å². The van der Waals surface area contributed by atoms with Gasteiger partial charge in [0.25, 0.3) is 0 Å². The lowest BCUT2D eigenvalue weighted by atomic mass is 9.97. The number of benzene rings is 1. The highest BCUT2D eigenvalue weighted by Crippen LogP contribution is 2.27. The molecule has 0 radical (unpaired) electrons. The number of aromatic nitrogens is 1. The molecule has 6 nitrogen and oxygen atoms in total. The lowest BCUT2D eigenvalue weighted by molar-refractivity contribution is -0.112. The lowest BCUT2D eigenvalue weighted by Gasteiger charge is -2.36. The fraction of sp³-hybridized carbons (Fsp3) is 0.440. The van der Waals surface area contributed by atoms with Gasteiger partial charge in [-0.05, 0) is 42.7 Å². The van der Waals surface area contributed by atoms with E-state index in [0.717, 1.165) is 55.4 Å². The zero-order valence-electron chi connectivity index (χ0n) is 18.6. The van der Waals surface area contributed by atoms with Crippen molar-refractivity contribution in [1.82, 2.24) is 9.88 Å². The van der Waals surface area contributed by atoms with Gasteiger partial charge in [0, 0.05) is 45.6 Å². The number of piperazine rings is 1. The van der Waals surface area contributed by atoms with E-state index in [1.54, 1.807) is 0 Å². The molecule has 0 N–H and O–H groups in total. The molecule has 0 bridgehead atoms.